The predicted octanol–water partition coefficient (Wildman–Crippen LogP) is 0.489. The molecule has 20 heavy (non-hydrogen) atoms. The monoisotopic (exact) mass is 271 g/mol. The van der Waals surface area contributed by atoms with Gasteiger partial charge in [0.2, 0.25) is 5.71 Å². The molecule has 2 aromatic rings. The van der Waals surface area contributed by atoms with Crippen LogP contribution in [0.25, 0.3) is 11.0 Å². The largest absolute Gasteiger partial charge is 0.478 e. The number of carboxylic acids is 1. The fourth-order valence-corrected chi connectivity index (χ4v) is 1.51. The van der Waals surface area contributed by atoms with Crippen LogP contribution in [0.3, 0.4) is 0 Å². The molecule has 1 aromatic heterocycles. The Morgan fingerprint density at radius 3 is 2.95 bits per heavy atom. The lowest BCUT2D eigenvalue weighted by Crippen LogP contribution is -2.22. The van der Waals surface area contributed by atoms with Gasteiger partial charge in [-0.15, -0.1) is 0 Å². The van der Waals surface area contributed by atoms with Crippen molar-refractivity contribution in [2.45, 2.75) is 0 Å². The molecule has 0 saturated carbocycles. The molecule has 0 spiro atoms. The molecule has 2 rings (SSSR count). The predicted molar refractivity (Wildman–Crippen MR) is 71.6 cm³/mol. The van der Waals surface area contributed by atoms with E-state index in [9.17, 15) is 4.79 Å². The van der Waals surface area contributed by atoms with Gasteiger partial charge in [-0.1, -0.05) is 0 Å². The van der Waals surface area contributed by atoms with Gasteiger partial charge in [0.05, 0.1) is 28.6 Å². The van der Waals surface area contributed by atoms with Crippen LogP contribution < -0.4 is 11.2 Å². The Balaban J connectivity index is 2.47. The molecule has 100 valence electrons. The molecule has 9 nitrogen and oxygen atoms in total. The van der Waals surface area contributed by atoms with Crippen LogP contribution in [-0.2, 0) is 0 Å². The Morgan fingerprint density at radius 2 is 2.35 bits per heavy atom. The quantitative estimate of drug-likeness (QED) is 0.308. The number of aromatic amines is 1. The number of benzene rings is 1. The summed E-state index contributed by atoms with van der Waals surface area (Å²) in [4.78, 5) is 18.0. The van der Waals surface area contributed by atoms with Crippen molar-refractivity contribution < 1.29 is 9.90 Å². The minimum Gasteiger partial charge on any atom is -0.478 e. The van der Waals surface area contributed by atoms with Crippen molar-refractivity contribution in [1.82, 2.24) is 9.97 Å². The van der Waals surface area contributed by atoms with E-state index in [2.05, 4.69) is 20.5 Å². The highest BCUT2D eigenvalue weighted by Crippen LogP contribution is 2.22. The van der Waals surface area contributed by atoms with Gasteiger partial charge in [0.15, 0.2) is 5.84 Å². The van der Waals surface area contributed by atoms with Crippen LogP contribution in [0.4, 0.5) is 5.69 Å². The zero-order valence-electron chi connectivity index (χ0n) is 10.0. The third-order valence-corrected chi connectivity index (χ3v) is 2.44. The number of carboxylic acid groups (broad SMARTS) is 1. The molecule has 1 heterocycles. The Kier molecular flexibility index (Phi) is 3.30. The van der Waals surface area contributed by atoms with Crippen LogP contribution >= 0.6 is 0 Å². The fraction of sp³-hybridized carbons (Fsp3) is 0. The van der Waals surface area contributed by atoms with Crippen molar-refractivity contribution in [2.75, 3.05) is 5.43 Å². The zero-order chi connectivity index (χ0) is 14.7. The minimum absolute atomic E-state index is 0.0497. The number of anilines is 1. The molecule has 0 aliphatic heterocycles. The van der Waals surface area contributed by atoms with E-state index in [1.807, 2.05) is 0 Å². The Morgan fingerprint density at radius 1 is 1.60 bits per heavy atom. The second-order valence-electron chi connectivity index (χ2n) is 3.72. The second-order valence-corrected chi connectivity index (χ2v) is 3.72. The van der Waals surface area contributed by atoms with E-state index in [-0.39, 0.29) is 17.0 Å². The number of nitriles is 1. The first kappa shape index (κ1) is 13.0. The van der Waals surface area contributed by atoms with E-state index in [1.54, 1.807) is 6.07 Å². The number of hydrogen-bond donors (Lipinski definition) is 5. The lowest BCUT2D eigenvalue weighted by molar-refractivity contribution is 0.0698. The third kappa shape index (κ3) is 2.39. The van der Waals surface area contributed by atoms with Crippen molar-refractivity contribution in [3.63, 3.8) is 0 Å². The van der Waals surface area contributed by atoms with Crippen molar-refractivity contribution in [3.8, 4) is 6.07 Å². The third-order valence-electron chi connectivity index (χ3n) is 2.44. The highest BCUT2D eigenvalue weighted by Gasteiger charge is 2.13. The van der Waals surface area contributed by atoms with Crippen LogP contribution in [0.1, 0.15) is 10.4 Å². The number of rotatable bonds is 4. The van der Waals surface area contributed by atoms with Crippen molar-refractivity contribution in [3.05, 3.63) is 24.0 Å². The Bertz CT molecular complexity index is 769. The number of fused-ring (bicyclic) bond motifs is 1. The van der Waals surface area contributed by atoms with Gasteiger partial charge in [-0.05, 0) is 12.1 Å². The molecule has 0 radical (unpaired) electrons. The van der Waals surface area contributed by atoms with Crippen molar-refractivity contribution in [1.29, 1.82) is 10.7 Å². The summed E-state index contributed by atoms with van der Waals surface area (Å²) in [6.45, 7) is 0. The van der Waals surface area contributed by atoms with Crippen LogP contribution in [0, 0.1) is 16.7 Å². The van der Waals surface area contributed by atoms with Gasteiger partial charge in [0.25, 0.3) is 0 Å². The van der Waals surface area contributed by atoms with Crippen molar-refractivity contribution >= 4 is 34.2 Å². The number of carbonyl (C=O) groups is 1. The smallest absolute Gasteiger partial charge is 0.337 e. The maximum atomic E-state index is 11.2. The summed E-state index contributed by atoms with van der Waals surface area (Å²) >= 11 is 0. The van der Waals surface area contributed by atoms with Crippen LogP contribution in [-0.4, -0.2) is 32.6 Å². The molecule has 0 saturated heterocycles. The minimum atomic E-state index is -1.17. The van der Waals surface area contributed by atoms with E-state index in [0.29, 0.717) is 11.0 Å². The number of hydrazone groups is 1. The topological polar surface area (TPSA) is 164 Å². The van der Waals surface area contributed by atoms with Gasteiger partial charge in [-0.2, -0.15) is 10.4 Å². The summed E-state index contributed by atoms with van der Waals surface area (Å²) in [5.41, 5.74) is 8.40. The van der Waals surface area contributed by atoms with Crippen LogP contribution in [0.15, 0.2) is 23.6 Å². The van der Waals surface area contributed by atoms with E-state index in [1.165, 1.54) is 18.5 Å². The summed E-state index contributed by atoms with van der Waals surface area (Å²) in [7, 11) is 0. The first-order valence-corrected chi connectivity index (χ1v) is 5.31. The summed E-state index contributed by atoms with van der Waals surface area (Å²) < 4.78 is 0. The first-order valence-electron chi connectivity index (χ1n) is 5.31. The number of amidine groups is 1. The summed E-state index contributed by atoms with van der Waals surface area (Å²) in [5.74, 6) is -1.68. The van der Waals surface area contributed by atoms with Gasteiger partial charge < -0.3 is 15.8 Å². The van der Waals surface area contributed by atoms with Gasteiger partial charge in [0.1, 0.15) is 6.07 Å². The Hall–Kier alpha value is -3.41. The lowest BCUT2D eigenvalue weighted by Gasteiger charge is -2.05. The molecule has 1 aromatic carbocycles. The van der Waals surface area contributed by atoms with Gasteiger partial charge in [0, 0.05) is 0 Å². The second kappa shape index (κ2) is 5.07. The first-order chi connectivity index (χ1) is 9.52. The number of H-pyrrole nitrogens is 1. The maximum absolute atomic E-state index is 11.2. The molecule has 6 N–H and O–H groups in total. The van der Waals surface area contributed by atoms with Crippen molar-refractivity contribution in [2.24, 2.45) is 10.8 Å². The van der Waals surface area contributed by atoms with Gasteiger partial charge in [-0.3, -0.25) is 10.8 Å². The summed E-state index contributed by atoms with van der Waals surface area (Å²) in [6, 6.07) is 4.48. The number of nitrogens with one attached hydrogen (secondary N) is 3. The molecule has 0 aliphatic carbocycles. The molecular formula is C11H9N7O2. The number of aromatic carboxylic acids is 1. The highest BCUT2D eigenvalue weighted by atomic mass is 16.4. The zero-order valence-corrected chi connectivity index (χ0v) is 10.0. The Labute approximate surface area is 112 Å². The highest BCUT2D eigenvalue weighted by molar-refractivity contribution is 6.45. The summed E-state index contributed by atoms with van der Waals surface area (Å²) in [6.07, 6.45) is 1.43. The van der Waals surface area contributed by atoms with E-state index in [4.69, 9.17) is 21.5 Å². The van der Waals surface area contributed by atoms with Crippen LogP contribution in [0.2, 0.25) is 0 Å². The number of imidazole rings is 1. The fourth-order valence-electron chi connectivity index (χ4n) is 1.51. The van der Waals surface area contributed by atoms with Gasteiger partial charge >= 0.3 is 5.97 Å². The van der Waals surface area contributed by atoms with Crippen LogP contribution in [0.5, 0.6) is 0 Å². The standard InChI is InChI=1S/C11H9N7O2/c12-3-9(10(13)14)18-17-6-2-8-7(15-4-16-8)1-5(6)11(19)20/h1-2,4,17H,(H3,13,14)(H,15,16)(H,19,20)/b18-9+. The molecule has 0 fully saturated rings. The average molecular weight is 271 g/mol. The average Bonchev–Trinajstić information content (AvgIpc) is 2.84. The molecule has 0 amide bonds. The van der Waals surface area contributed by atoms with E-state index < -0.39 is 11.8 Å². The molecule has 0 unspecified atom stereocenters. The number of nitrogens with zero attached hydrogens (tertiary/aromatic N) is 3. The number of aromatic nitrogens is 2. The molecule has 0 bridgehead atoms. The molecule has 0 atom stereocenters. The number of nitrogens with two attached hydrogens (primary N) is 1. The normalized spacial score (nSPS) is 11.1. The molecular weight excluding hydrogens is 262 g/mol. The SMILES string of the molecule is N#C/C(=N\Nc1cc2nc[nH]c2cc1C(=O)O)C(=N)N. The summed E-state index contributed by atoms with van der Waals surface area (Å²) in [5, 5.41) is 28.6. The van der Waals surface area contributed by atoms with E-state index >= 15 is 0 Å². The molecule has 9 heteroatoms. The molecule has 0 aliphatic rings. The number of hydrogen-bond acceptors (Lipinski definition) is 6. The lowest BCUT2D eigenvalue weighted by atomic mass is 10.1. The van der Waals surface area contributed by atoms with E-state index in [0.717, 1.165) is 0 Å². The van der Waals surface area contributed by atoms with Gasteiger partial charge in [-0.25, -0.2) is 9.78 Å². The maximum Gasteiger partial charge on any atom is 0.337 e.